The lowest BCUT2D eigenvalue weighted by molar-refractivity contribution is -0.137. The Kier molecular flexibility index (Phi) is 2.68. The molecule has 8 atom stereocenters. The Morgan fingerprint density at radius 1 is 0.333 bits per heavy atom. The molecule has 6 aliphatic rings. The second kappa shape index (κ2) is 4.59. The number of hydrogen-bond donors (Lipinski definition) is 0. The molecule has 24 heavy (non-hydrogen) atoms. The second-order valence-corrected chi connectivity index (χ2v) is 7.36. The van der Waals surface area contributed by atoms with Crippen molar-refractivity contribution in [1.29, 1.82) is 0 Å². The Morgan fingerprint density at radius 2 is 0.458 bits per heavy atom. The van der Waals surface area contributed by atoms with Gasteiger partial charge in [0.05, 0.1) is 0 Å². The molecule has 0 amide bonds. The molecule has 2 fully saturated rings. The van der Waals surface area contributed by atoms with E-state index in [9.17, 15) is 19.2 Å². The van der Waals surface area contributed by atoms with Gasteiger partial charge in [-0.1, -0.05) is 48.6 Å². The highest BCUT2D eigenvalue weighted by Crippen LogP contribution is 2.45. The van der Waals surface area contributed by atoms with Crippen molar-refractivity contribution in [1.82, 2.24) is 0 Å². The minimum atomic E-state index is -0.127. The van der Waals surface area contributed by atoms with Crippen LogP contribution in [0, 0.1) is 47.3 Å². The minimum Gasteiger partial charge on any atom is -0.298 e. The Hall–Kier alpha value is -2.36. The van der Waals surface area contributed by atoms with Crippen molar-refractivity contribution >= 4 is 23.1 Å². The molecule has 0 aromatic heterocycles. The monoisotopic (exact) mass is 320 g/mol. The lowest BCUT2D eigenvalue weighted by atomic mass is 9.76. The van der Waals surface area contributed by atoms with Crippen LogP contribution in [0.1, 0.15) is 0 Å². The van der Waals surface area contributed by atoms with Gasteiger partial charge < -0.3 is 0 Å². The highest BCUT2D eigenvalue weighted by atomic mass is 16.2. The SMILES string of the molecule is O=C1[C@H]2C=C[C@@H]1[C@H]1C=C[C@@H]2C1=O.O=C1[C@H]2C=C[C@@H]1[C@H]1C=C[C@@H]2C1=O. The Balaban J connectivity index is 0.000000109. The van der Waals surface area contributed by atoms with E-state index < -0.39 is 0 Å². The normalized spacial score (nSPS) is 47.7. The van der Waals surface area contributed by atoms with E-state index in [1.54, 1.807) is 0 Å². The van der Waals surface area contributed by atoms with Gasteiger partial charge in [0.15, 0.2) is 0 Å². The third-order valence-electron chi connectivity index (χ3n) is 6.28. The van der Waals surface area contributed by atoms with E-state index in [-0.39, 0.29) is 70.5 Å². The summed E-state index contributed by atoms with van der Waals surface area (Å²) in [5, 5.41) is 0. The van der Waals surface area contributed by atoms with Crippen LogP contribution in [0.15, 0.2) is 48.6 Å². The minimum absolute atomic E-state index is 0.127. The van der Waals surface area contributed by atoms with Crippen LogP contribution in [0.25, 0.3) is 0 Å². The lowest BCUT2D eigenvalue weighted by Crippen LogP contribution is -2.38. The maximum absolute atomic E-state index is 11.5. The predicted octanol–water partition coefficient (Wildman–Crippen LogP) is 1.49. The van der Waals surface area contributed by atoms with Crippen molar-refractivity contribution in [3.05, 3.63) is 48.6 Å². The summed E-state index contributed by atoms with van der Waals surface area (Å²) in [6.07, 6.45) is 15.2. The molecule has 2 saturated carbocycles. The first-order valence-electron chi connectivity index (χ1n) is 8.46. The molecule has 0 aromatic carbocycles. The van der Waals surface area contributed by atoms with Gasteiger partial charge in [0.1, 0.15) is 23.1 Å². The predicted molar refractivity (Wildman–Crippen MR) is 84.5 cm³/mol. The summed E-state index contributed by atoms with van der Waals surface area (Å²) in [6, 6.07) is 0. The van der Waals surface area contributed by atoms with Crippen LogP contribution < -0.4 is 0 Å². The second-order valence-electron chi connectivity index (χ2n) is 7.36. The number of allylic oxidation sites excluding steroid dienone is 8. The first kappa shape index (κ1) is 14.0. The molecule has 0 aromatic rings. The molecule has 8 bridgehead atoms. The van der Waals surface area contributed by atoms with E-state index in [2.05, 4.69) is 0 Å². The van der Waals surface area contributed by atoms with Crippen molar-refractivity contribution in [3.63, 3.8) is 0 Å². The number of rotatable bonds is 0. The molecule has 0 N–H and O–H groups in total. The van der Waals surface area contributed by atoms with Gasteiger partial charge in [0.25, 0.3) is 0 Å². The molecule has 120 valence electrons. The van der Waals surface area contributed by atoms with Gasteiger partial charge in [-0.25, -0.2) is 0 Å². The number of fused-ring (bicyclic) bond motifs is 12. The number of carbonyl (C=O) groups is 4. The molecule has 0 radical (unpaired) electrons. The van der Waals surface area contributed by atoms with Crippen molar-refractivity contribution < 1.29 is 19.2 Å². The van der Waals surface area contributed by atoms with Crippen molar-refractivity contribution in [2.45, 2.75) is 0 Å². The third-order valence-corrected chi connectivity index (χ3v) is 6.28. The van der Waals surface area contributed by atoms with Crippen molar-refractivity contribution in [2.24, 2.45) is 47.3 Å². The van der Waals surface area contributed by atoms with Gasteiger partial charge in [0.2, 0.25) is 0 Å². The van der Waals surface area contributed by atoms with E-state index in [0.29, 0.717) is 0 Å². The van der Waals surface area contributed by atoms with E-state index in [0.717, 1.165) is 0 Å². The summed E-state index contributed by atoms with van der Waals surface area (Å²) < 4.78 is 0. The van der Waals surface area contributed by atoms with Crippen LogP contribution in [0.2, 0.25) is 0 Å². The summed E-state index contributed by atoms with van der Waals surface area (Å²) in [5.74, 6) is -0.0385. The average Bonchev–Trinajstić information content (AvgIpc) is 3.16. The van der Waals surface area contributed by atoms with Gasteiger partial charge in [-0.15, -0.1) is 0 Å². The quantitative estimate of drug-likeness (QED) is 0.634. The molecule has 0 aliphatic heterocycles. The largest absolute Gasteiger partial charge is 0.298 e. The van der Waals surface area contributed by atoms with Gasteiger partial charge in [-0.05, 0) is 0 Å². The molecule has 0 spiro atoms. The Morgan fingerprint density at radius 3 is 0.583 bits per heavy atom. The summed E-state index contributed by atoms with van der Waals surface area (Å²) >= 11 is 0. The molecule has 4 heteroatoms. The fourth-order valence-electron chi connectivity index (χ4n) is 4.98. The molecule has 0 saturated heterocycles. The molecule has 0 unspecified atom stereocenters. The van der Waals surface area contributed by atoms with E-state index in [1.165, 1.54) is 0 Å². The lowest BCUT2D eigenvalue weighted by Gasteiger charge is -2.24. The standard InChI is InChI=1S/2C10H8O2/c2*11-9-5-1-2-6(9)8-4-3-7(5)10(8)12/h2*1-8H/t2*5-,6+,7-,8+. The van der Waals surface area contributed by atoms with Crippen LogP contribution in [-0.4, -0.2) is 23.1 Å². The van der Waals surface area contributed by atoms with Crippen LogP contribution in [0.4, 0.5) is 0 Å². The summed E-state index contributed by atoms with van der Waals surface area (Å²) in [5.41, 5.74) is 0. The van der Waals surface area contributed by atoms with Crippen LogP contribution in [0.3, 0.4) is 0 Å². The molecular formula is C20H16O4. The topological polar surface area (TPSA) is 68.3 Å². The van der Waals surface area contributed by atoms with E-state index >= 15 is 0 Å². The highest BCUT2D eigenvalue weighted by molar-refractivity contribution is 6.07. The molecular weight excluding hydrogens is 304 g/mol. The maximum atomic E-state index is 11.5. The number of ketones is 4. The third kappa shape index (κ3) is 1.58. The van der Waals surface area contributed by atoms with Gasteiger partial charge in [0, 0.05) is 47.3 Å². The van der Waals surface area contributed by atoms with E-state index in [1.807, 2.05) is 48.6 Å². The molecule has 4 nitrogen and oxygen atoms in total. The smallest absolute Gasteiger partial charge is 0.148 e. The van der Waals surface area contributed by atoms with Crippen LogP contribution >= 0.6 is 0 Å². The highest BCUT2D eigenvalue weighted by Gasteiger charge is 2.52. The maximum Gasteiger partial charge on any atom is 0.148 e. The molecule has 0 heterocycles. The summed E-state index contributed by atoms with van der Waals surface area (Å²) in [6.45, 7) is 0. The first-order valence-corrected chi connectivity index (χ1v) is 8.46. The fourth-order valence-corrected chi connectivity index (χ4v) is 4.98. The van der Waals surface area contributed by atoms with Crippen molar-refractivity contribution in [3.8, 4) is 0 Å². The van der Waals surface area contributed by atoms with E-state index in [4.69, 9.17) is 0 Å². The zero-order valence-corrected chi connectivity index (χ0v) is 12.9. The Labute approximate surface area is 139 Å². The summed E-state index contributed by atoms with van der Waals surface area (Å²) in [4.78, 5) is 46.2. The fraction of sp³-hybridized carbons (Fsp3) is 0.400. The summed E-state index contributed by atoms with van der Waals surface area (Å²) in [7, 11) is 0. The van der Waals surface area contributed by atoms with Crippen LogP contribution in [-0.2, 0) is 19.2 Å². The Bertz CT molecular complexity index is 619. The molecule has 6 aliphatic carbocycles. The van der Waals surface area contributed by atoms with Gasteiger partial charge in [-0.3, -0.25) is 19.2 Å². The van der Waals surface area contributed by atoms with Crippen LogP contribution in [0.5, 0.6) is 0 Å². The van der Waals surface area contributed by atoms with Gasteiger partial charge in [-0.2, -0.15) is 0 Å². The zero-order valence-electron chi connectivity index (χ0n) is 12.9. The molecule has 6 rings (SSSR count). The number of Topliss-reactive ketones (excluding diaryl/α,β-unsaturated/α-hetero) is 4. The zero-order chi connectivity index (χ0) is 16.6. The number of hydrogen-bond acceptors (Lipinski definition) is 4. The number of carbonyl (C=O) groups excluding carboxylic acids is 4. The van der Waals surface area contributed by atoms with Crippen molar-refractivity contribution in [2.75, 3.05) is 0 Å². The first-order chi connectivity index (χ1) is 11.6. The average molecular weight is 320 g/mol. The van der Waals surface area contributed by atoms with Gasteiger partial charge >= 0.3 is 0 Å².